The molecule has 94 valence electrons. The second-order valence-electron chi connectivity index (χ2n) is 5.99. The van der Waals surface area contributed by atoms with Crippen molar-refractivity contribution in [2.24, 2.45) is 10.8 Å². The van der Waals surface area contributed by atoms with E-state index in [2.05, 4.69) is 33.0 Å². The van der Waals surface area contributed by atoms with Gasteiger partial charge in [0, 0.05) is 23.2 Å². The van der Waals surface area contributed by atoms with Crippen molar-refractivity contribution in [2.75, 3.05) is 0 Å². The lowest BCUT2D eigenvalue weighted by molar-refractivity contribution is 0.457. The Hall–Kier alpha value is -0.600. The normalized spacial score (nSPS) is 21.5. The molecule has 0 atom stereocenters. The molecule has 0 saturated heterocycles. The predicted octanol–water partition coefficient (Wildman–Crippen LogP) is 4.00. The van der Waals surface area contributed by atoms with Gasteiger partial charge in [0.1, 0.15) is 5.82 Å². The summed E-state index contributed by atoms with van der Waals surface area (Å²) in [6.45, 7) is 9.51. The third-order valence-corrected chi connectivity index (χ3v) is 4.77. The molecule has 1 aromatic carbocycles. The molecule has 0 spiro atoms. The van der Waals surface area contributed by atoms with Crippen LogP contribution in [-0.4, -0.2) is 6.04 Å². The van der Waals surface area contributed by atoms with E-state index in [4.69, 9.17) is 11.6 Å². The van der Waals surface area contributed by atoms with Gasteiger partial charge in [0.05, 0.1) is 0 Å². The molecule has 1 N–H and O–H groups in total. The Morgan fingerprint density at radius 3 is 2.29 bits per heavy atom. The molecule has 0 heterocycles. The van der Waals surface area contributed by atoms with Crippen molar-refractivity contribution in [3.63, 3.8) is 0 Å². The number of nitrogens with one attached hydrogen (secondary N) is 1. The van der Waals surface area contributed by atoms with Crippen molar-refractivity contribution >= 4 is 11.6 Å². The first-order valence-corrected chi connectivity index (χ1v) is 6.32. The Balaban J connectivity index is 2.00. The minimum Gasteiger partial charge on any atom is -0.309 e. The van der Waals surface area contributed by atoms with E-state index in [-0.39, 0.29) is 16.6 Å². The highest BCUT2D eigenvalue weighted by Gasteiger charge is 2.64. The molecule has 0 radical (unpaired) electrons. The third kappa shape index (κ3) is 2.09. The number of hydrogen-bond acceptors (Lipinski definition) is 1. The van der Waals surface area contributed by atoms with Gasteiger partial charge in [0.15, 0.2) is 0 Å². The van der Waals surface area contributed by atoms with Gasteiger partial charge in [-0.15, -0.1) is 0 Å². The highest BCUT2D eigenvalue weighted by atomic mass is 35.5. The summed E-state index contributed by atoms with van der Waals surface area (Å²) in [5, 5.41) is 3.87. The Kier molecular flexibility index (Phi) is 2.99. The molecule has 1 aromatic rings. The molecule has 0 unspecified atom stereocenters. The van der Waals surface area contributed by atoms with Gasteiger partial charge in [-0.1, -0.05) is 45.4 Å². The van der Waals surface area contributed by atoms with Crippen molar-refractivity contribution in [2.45, 2.75) is 40.3 Å². The molecular formula is C14H19ClFN. The fourth-order valence-electron chi connectivity index (χ4n) is 2.58. The summed E-state index contributed by atoms with van der Waals surface area (Å²) in [5.41, 5.74) is 1.22. The van der Waals surface area contributed by atoms with Crippen LogP contribution in [0.4, 0.5) is 4.39 Å². The number of rotatable bonds is 3. The summed E-state index contributed by atoms with van der Waals surface area (Å²) < 4.78 is 13.6. The number of benzene rings is 1. The molecule has 0 bridgehead atoms. The minimum atomic E-state index is -0.235. The van der Waals surface area contributed by atoms with Crippen LogP contribution in [0.5, 0.6) is 0 Å². The van der Waals surface area contributed by atoms with Gasteiger partial charge in [0.2, 0.25) is 0 Å². The van der Waals surface area contributed by atoms with Crippen LogP contribution >= 0.6 is 11.6 Å². The van der Waals surface area contributed by atoms with Crippen molar-refractivity contribution in [3.05, 3.63) is 34.6 Å². The molecule has 0 aromatic heterocycles. The highest BCUT2D eigenvalue weighted by Crippen LogP contribution is 2.62. The second kappa shape index (κ2) is 3.96. The Morgan fingerprint density at radius 1 is 1.24 bits per heavy atom. The van der Waals surface area contributed by atoms with Crippen LogP contribution in [-0.2, 0) is 6.54 Å². The van der Waals surface area contributed by atoms with Crippen LogP contribution in [0.15, 0.2) is 18.2 Å². The van der Waals surface area contributed by atoms with Crippen LogP contribution in [0.1, 0.15) is 33.3 Å². The number of halogens is 2. The zero-order chi connectivity index (χ0) is 12.8. The SMILES string of the molecule is CC1(C)C(NCc2ccc(Cl)cc2F)C1(C)C. The van der Waals surface area contributed by atoms with E-state index < -0.39 is 0 Å². The largest absolute Gasteiger partial charge is 0.309 e. The molecule has 1 nitrogen and oxygen atoms in total. The molecular weight excluding hydrogens is 237 g/mol. The van der Waals surface area contributed by atoms with E-state index >= 15 is 0 Å². The lowest BCUT2D eigenvalue weighted by Crippen LogP contribution is -2.22. The summed E-state index contributed by atoms with van der Waals surface area (Å²) in [7, 11) is 0. The maximum Gasteiger partial charge on any atom is 0.129 e. The third-order valence-electron chi connectivity index (χ3n) is 4.53. The van der Waals surface area contributed by atoms with E-state index in [1.807, 2.05) is 0 Å². The molecule has 1 aliphatic carbocycles. The van der Waals surface area contributed by atoms with Gasteiger partial charge in [-0.3, -0.25) is 0 Å². The fraction of sp³-hybridized carbons (Fsp3) is 0.571. The Morgan fingerprint density at radius 2 is 1.82 bits per heavy atom. The minimum absolute atomic E-state index is 0.235. The summed E-state index contributed by atoms with van der Waals surface area (Å²) in [6.07, 6.45) is 0. The summed E-state index contributed by atoms with van der Waals surface area (Å²) in [5.74, 6) is -0.235. The average Bonchev–Trinajstić information content (AvgIpc) is 2.58. The average molecular weight is 256 g/mol. The van der Waals surface area contributed by atoms with Gasteiger partial charge in [-0.2, -0.15) is 0 Å². The van der Waals surface area contributed by atoms with E-state index in [9.17, 15) is 4.39 Å². The maximum atomic E-state index is 13.6. The van der Waals surface area contributed by atoms with E-state index in [1.165, 1.54) is 6.07 Å². The van der Waals surface area contributed by atoms with Crippen LogP contribution in [0, 0.1) is 16.6 Å². The lowest BCUT2D eigenvalue weighted by atomic mass is 10.0. The second-order valence-corrected chi connectivity index (χ2v) is 6.43. The first-order chi connectivity index (χ1) is 7.76. The van der Waals surface area contributed by atoms with E-state index in [0.717, 1.165) is 0 Å². The van der Waals surface area contributed by atoms with Crippen LogP contribution in [0.25, 0.3) is 0 Å². The van der Waals surface area contributed by atoms with Crippen molar-refractivity contribution in [1.82, 2.24) is 5.32 Å². The monoisotopic (exact) mass is 255 g/mol. The van der Waals surface area contributed by atoms with Crippen molar-refractivity contribution in [3.8, 4) is 0 Å². The molecule has 3 heteroatoms. The zero-order valence-corrected chi connectivity index (χ0v) is 11.5. The Bertz CT molecular complexity index is 426. The number of hydrogen-bond donors (Lipinski definition) is 1. The van der Waals surface area contributed by atoms with Gasteiger partial charge in [-0.25, -0.2) is 4.39 Å². The quantitative estimate of drug-likeness (QED) is 0.861. The lowest BCUT2D eigenvalue weighted by Gasteiger charge is -2.07. The van der Waals surface area contributed by atoms with Gasteiger partial charge < -0.3 is 5.32 Å². The van der Waals surface area contributed by atoms with E-state index in [0.29, 0.717) is 23.2 Å². The topological polar surface area (TPSA) is 12.0 Å². The van der Waals surface area contributed by atoms with Gasteiger partial charge in [-0.05, 0) is 23.0 Å². The highest BCUT2D eigenvalue weighted by molar-refractivity contribution is 6.30. The molecule has 0 amide bonds. The summed E-state index contributed by atoms with van der Waals surface area (Å²) in [4.78, 5) is 0. The maximum absolute atomic E-state index is 13.6. The molecule has 1 fully saturated rings. The molecule has 2 rings (SSSR count). The fourth-order valence-corrected chi connectivity index (χ4v) is 2.74. The van der Waals surface area contributed by atoms with Crippen molar-refractivity contribution < 1.29 is 4.39 Å². The molecule has 1 aliphatic rings. The molecule has 17 heavy (non-hydrogen) atoms. The van der Waals surface area contributed by atoms with Crippen LogP contribution in [0.3, 0.4) is 0 Å². The first-order valence-electron chi connectivity index (χ1n) is 5.94. The zero-order valence-electron chi connectivity index (χ0n) is 10.8. The van der Waals surface area contributed by atoms with E-state index in [1.54, 1.807) is 12.1 Å². The van der Waals surface area contributed by atoms with Crippen LogP contribution < -0.4 is 5.32 Å². The molecule has 1 saturated carbocycles. The van der Waals surface area contributed by atoms with Crippen LogP contribution in [0.2, 0.25) is 5.02 Å². The standard InChI is InChI=1S/C14H19ClFN/c1-13(2)12(14(13,3)4)17-8-9-5-6-10(15)7-11(9)16/h5-7,12,17H,8H2,1-4H3. The first kappa shape index (κ1) is 12.8. The van der Waals surface area contributed by atoms with Gasteiger partial charge in [0.25, 0.3) is 0 Å². The summed E-state index contributed by atoms with van der Waals surface area (Å²) in [6, 6.07) is 5.27. The Labute approximate surface area is 107 Å². The smallest absolute Gasteiger partial charge is 0.129 e. The summed E-state index contributed by atoms with van der Waals surface area (Å²) >= 11 is 5.72. The predicted molar refractivity (Wildman–Crippen MR) is 69.6 cm³/mol. The van der Waals surface area contributed by atoms with Crippen molar-refractivity contribution in [1.29, 1.82) is 0 Å². The van der Waals surface area contributed by atoms with Gasteiger partial charge >= 0.3 is 0 Å². The molecule has 0 aliphatic heterocycles.